The minimum atomic E-state index is -0.0235. The van der Waals surface area contributed by atoms with Gasteiger partial charge in [0.1, 0.15) is 0 Å². The fourth-order valence-corrected chi connectivity index (χ4v) is 2.75. The van der Waals surface area contributed by atoms with Crippen LogP contribution in [-0.2, 0) is 17.7 Å². The number of hydrogen-bond donors (Lipinski definition) is 1. The van der Waals surface area contributed by atoms with E-state index in [4.69, 9.17) is 4.74 Å². The molecular weight excluding hydrogens is 226 g/mol. The van der Waals surface area contributed by atoms with Gasteiger partial charge in [-0.3, -0.25) is 4.68 Å². The third kappa shape index (κ3) is 2.93. The SMILES string of the molecule is CCNC(Cc1cnn(CC)c1)C1(C)CCCO1. The summed E-state index contributed by atoms with van der Waals surface area (Å²) in [6.45, 7) is 9.30. The Morgan fingerprint density at radius 3 is 2.94 bits per heavy atom. The number of aryl methyl sites for hydroxylation is 1. The molecule has 0 amide bonds. The van der Waals surface area contributed by atoms with Crippen molar-refractivity contribution in [1.82, 2.24) is 15.1 Å². The Kier molecular flexibility index (Phi) is 4.40. The molecule has 1 aliphatic rings. The Balaban J connectivity index is 2.05. The summed E-state index contributed by atoms with van der Waals surface area (Å²) in [4.78, 5) is 0. The summed E-state index contributed by atoms with van der Waals surface area (Å²) in [6.07, 6.45) is 7.43. The number of hydrogen-bond acceptors (Lipinski definition) is 3. The predicted octanol–water partition coefficient (Wildman–Crippen LogP) is 1.99. The molecule has 0 saturated carbocycles. The second-order valence-electron chi connectivity index (χ2n) is 5.28. The average Bonchev–Trinajstić information content (AvgIpc) is 2.98. The van der Waals surface area contributed by atoms with Crippen LogP contribution in [0.15, 0.2) is 12.4 Å². The first-order valence-electron chi connectivity index (χ1n) is 7.06. The smallest absolute Gasteiger partial charge is 0.0810 e. The lowest BCUT2D eigenvalue weighted by Crippen LogP contribution is -2.49. The molecule has 2 unspecified atom stereocenters. The maximum atomic E-state index is 5.97. The molecule has 1 saturated heterocycles. The van der Waals surface area contributed by atoms with Gasteiger partial charge in [0.15, 0.2) is 0 Å². The van der Waals surface area contributed by atoms with E-state index in [9.17, 15) is 0 Å². The van der Waals surface area contributed by atoms with Crippen molar-refractivity contribution >= 4 is 0 Å². The highest BCUT2D eigenvalue weighted by Crippen LogP contribution is 2.30. The van der Waals surface area contributed by atoms with E-state index < -0.39 is 0 Å². The molecule has 0 aliphatic carbocycles. The molecular formula is C14H25N3O. The topological polar surface area (TPSA) is 39.1 Å². The monoisotopic (exact) mass is 251 g/mol. The van der Waals surface area contributed by atoms with Gasteiger partial charge in [-0.1, -0.05) is 6.92 Å². The Hall–Kier alpha value is -0.870. The standard InChI is InChI=1S/C14H25N3O/c1-4-15-13(14(3)7-6-8-18-14)9-12-10-16-17(5-2)11-12/h10-11,13,15H,4-9H2,1-3H3. The number of likely N-dealkylation sites (N-methyl/N-ethyl adjacent to an activating group) is 1. The normalized spacial score (nSPS) is 25.5. The van der Waals surface area contributed by atoms with Crippen LogP contribution in [0.1, 0.15) is 39.2 Å². The number of ether oxygens (including phenoxy) is 1. The molecule has 1 aromatic heterocycles. The van der Waals surface area contributed by atoms with Gasteiger partial charge in [0.05, 0.1) is 11.8 Å². The molecule has 0 radical (unpaired) electrons. The van der Waals surface area contributed by atoms with Gasteiger partial charge in [-0.25, -0.2) is 0 Å². The van der Waals surface area contributed by atoms with E-state index in [1.807, 2.05) is 10.9 Å². The van der Waals surface area contributed by atoms with Gasteiger partial charge in [0.25, 0.3) is 0 Å². The van der Waals surface area contributed by atoms with Crippen molar-refractivity contribution in [2.75, 3.05) is 13.2 Å². The third-order valence-corrected chi connectivity index (χ3v) is 3.89. The van der Waals surface area contributed by atoms with Crippen molar-refractivity contribution in [2.24, 2.45) is 0 Å². The van der Waals surface area contributed by atoms with Crippen molar-refractivity contribution in [3.63, 3.8) is 0 Å². The first kappa shape index (κ1) is 13.6. The first-order chi connectivity index (χ1) is 8.68. The summed E-state index contributed by atoms with van der Waals surface area (Å²) < 4.78 is 7.95. The average molecular weight is 251 g/mol. The Morgan fingerprint density at radius 1 is 1.56 bits per heavy atom. The number of rotatable bonds is 6. The van der Waals surface area contributed by atoms with E-state index in [1.54, 1.807) is 0 Å². The lowest BCUT2D eigenvalue weighted by Gasteiger charge is -2.33. The highest BCUT2D eigenvalue weighted by molar-refractivity contribution is 5.09. The maximum Gasteiger partial charge on any atom is 0.0810 e. The lowest BCUT2D eigenvalue weighted by molar-refractivity contribution is -0.0110. The molecule has 4 heteroatoms. The summed E-state index contributed by atoms with van der Waals surface area (Å²) in [5.41, 5.74) is 1.27. The van der Waals surface area contributed by atoms with E-state index in [-0.39, 0.29) is 5.60 Å². The largest absolute Gasteiger partial charge is 0.374 e. The molecule has 1 aliphatic heterocycles. The molecule has 18 heavy (non-hydrogen) atoms. The van der Waals surface area contributed by atoms with Gasteiger partial charge >= 0.3 is 0 Å². The zero-order valence-electron chi connectivity index (χ0n) is 11.8. The Labute approximate surface area is 110 Å². The molecule has 0 bridgehead atoms. The maximum absolute atomic E-state index is 5.97. The zero-order chi connectivity index (χ0) is 13.0. The number of nitrogens with zero attached hydrogens (tertiary/aromatic N) is 2. The molecule has 1 aromatic rings. The van der Waals surface area contributed by atoms with Crippen LogP contribution in [0, 0.1) is 0 Å². The Morgan fingerprint density at radius 2 is 2.39 bits per heavy atom. The third-order valence-electron chi connectivity index (χ3n) is 3.89. The summed E-state index contributed by atoms with van der Waals surface area (Å²) >= 11 is 0. The van der Waals surface area contributed by atoms with E-state index >= 15 is 0 Å². The van der Waals surface area contributed by atoms with Crippen molar-refractivity contribution in [2.45, 2.75) is 58.2 Å². The quantitative estimate of drug-likeness (QED) is 0.840. The molecule has 1 N–H and O–H groups in total. The summed E-state index contributed by atoms with van der Waals surface area (Å²) in [5, 5.41) is 7.92. The van der Waals surface area contributed by atoms with E-state index in [0.29, 0.717) is 6.04 Å². The van der Waals surface area contributed by atoms with Crippen LogP contribution in [0.2, 0.25) is 0 Å². The van der Waals surface area contributed by atoms with Crippen LogP contribution < -0.4 is 5.32 Å². The molecule has 2 atom stereocenters. The predicted molar refractivity (Wildman–Crippen MR) is 72.7 cm³/mol. The lowest BCUT2D eigenvalue weighted by atomic mass is 9.89. The molecule has 102 valence electrons. The molecule has 2 rings (SSSR count). The van der Waals surface area contributed by atoms with Gasteiger partial charge in [0, 0.05) is 25.4 Å². The number of aromatic nitrogens is 2. The molecule has 0 spiro atoms. The van der Waals surface area contributed by atoms with Crippen LogP contribution in [0.5, 0.6) is 0 Å². The van der Waals surface area contributed by atoms with E-state index in [2.05, 4.69) is 37.4 Å². The minimum absolute atomic E-state index is 0.0235. The second-order valence-corrected chi connectivity index (χ2v) is 5.28. The van der Waals surface area contributed by atoms with Crippen LogP contribution in [0.3, 0.4) is 0 Å². The van der Waals surface area contributed by atoms with Gasteiger partial charge in [0.2, 0.25) is 0 Å². The van der Waals surface area contributed by atoms with Gasteiger partial charge in [-0.05, 0) is 45.2 Å². The van der Waals surface area contributed by atoms with Crippen molar-refractivity contribution in [3.05, 3.63) is 18.0 Å². The van der Waals surface area contributed by atoms with Gasteiger partial charge in [-0.15, -0.1) is 0 Å². The van der Waals surface area contributed by atoms with Crippen LogP contribution in [0.25, 0.3) is 0 Å². The van der Waals surface area contributed by atoms with Gasteiger partial charge in [-0.2, -0.15) is 5.10 Å². The fourth-order valence-electron chi connectivity index (χ4n) is 2.75. The Bertz CT molecular complexity index is 369. The van der Waals surface area contributed by atoms with E-state index in [0.717, 1.165) is 32.5 Å². The van der Waals surface area contributed by atoms with Crippen LogP contribution in [0.4, 0.5) is 0 Å². The zero-order valence-corrected chi connectivity index (χ0v) is 11.8. The minimum Gasteiger partial charge on any atom is -0.374 e. The van der Waals surface area contributed by atoms with Crippen molar-refractivity contribution in [1.29, 1.82) is 0 Å². The molecule has 4 nitrogen and oxygen atoms in total. The summed E-state index contributed by atoms with van der Waals surface area (Å²) in [7, 11) is 0. The molecule has 0 aromatic carbocycles. The van der Waals surface area contributed by atoms with Gasteiger partial charge < -0.3 is 10.1 Å². The first-order valence-corrected chi connectivity index (χ1v) is 7.06. The highest BCUT2D eigenvalue weighted by atomic mass is 16.5. The van der Waals surface area contributed by atoms with Crippen molar-refractivity contribution in [3.8, 4) is 0 Å². The highest BCUT2D eigenvalue weighted by Gasteiger charge is 2.37. The summed E-state index contributed by atoms with van der Waals surface area (Å²) in [5.74, 6) is 0. The van der Waals surface area contributed by atoms with E-state index in [1.165, 1.54) is 12.0 Å². The second kappa shape index (κ2) is 5.85. The number of nitrogens with one attached hydrogen (secondary N) is 1. The van der Waals surface area contributed by atoms with Crippen LogP contribution >= 0.6 is 0 Å². The molecule has 2 heterocycles. The molecule has 1 fully saturated rings. The van der Waals surface area contributed by atoms with Crippen molar-refractivity contribution < 1.29 is 4.74 Å². The fraction of sp³-hybridized carbons (Fsp3) is 0.786. The summed E-state index contributed by atoms with van der Waals surface area (Å²) in [6, 6.07) is 0.375. The van der Waals surface area contributed by atoms with Crippen LogP contribution in [-0.4, -0.2) is 34.6 Å².